The molecule has 2 aliphatic heterocycles. The van der Waals surface area contributed by atoms with E-state index in [1.807, 2.05) is 40.6 Å². The first kappa shape index (κ1) is 15.7. The van der Waals surface area contributed by atoms with Crippen molar-refractivity contribution >= 4 is 35.3 Å². The molecule has 0 saturated carbocycles. The number of nitrogens with zero attached hydrogens (tertiary/aromatic N) is 2. The average molecular weight is 336 g/mol. The van der Waals surface area contributed by atoms with Gasteiger partial charge in [0.15, 0.2) is 0 Å². The fraction of sp³-hybridized carbons (Fsp3) is 0.500. The smallest absolute Gasteiger partial charge is 0.253 e. The highest BCUT2D eigenvalue weighted by Gasteiger charge is 2.24. The Kier molecular flexibility index (Phi) is 4.98. The Balaban J connectivity index is 1.61. The SMILES string of the molecule is CC(=O)N1CCN(C(=O)c2ccc(C3SCCS3)cc2)CC1. The van der Waals surface area contributed by atoms with Crippen molar-refractivity contribution in [3.63, 3.8) is 0 Å². The van der Waals surface area contributed by atoms with Gasteiger partial charge in [0.05, 0.1) is 4.58 Å². The lowest BCUT2D eigenvalue weighted by atomic mass is 10.1. The van der Waals surface area contributed by atoms with Gasteiger partial charge in [-0.15, -0.1) is 23.5 Å². The molecule has 0 N–H and O–H groups in total. The third-order valence-corrected chi connectivity index (χ3v) is 7.17. The summed E-state index contributed by atoms with van der Waals surface area (Å²) in [6.45, 7) is 4.08. The Labute approximate surface area is 139 Å². The standard InChI is InChI=1S/C16H20N2O2S2/c1-12(19)17-6-8-18(9-7-17)15(20)13-2-4-14(5-3-13)16-21-10-11-22-16/h2-5,16H,6-11H2,1H3. The molecular weight excluding hydrogens is 316 g/mol. The first-order valence-electron chi connectivity index (χ1n) is 7.53. The zero-order valence-electron chi connectivity index (χ0n) is 12.7. The van der Waals surface area contributed by atoms with Crippen LogP contribution in [-0.2, 0) is 4.79 Å². The third kappa shape index (κ3) is 3.43. The summed E-state index contributed by atoms with van der Waals surface area (Å²) < 4.78 is 0.517. The summed E-state index contributed by atoms with van der Waals surface area (Å²) in [6, 6.07) is 8.03. The van der Waals surface area contributed by atoms with Gasteiger partial charge in [-0.1, -0.05) is 12.1 Å². The molecule has 1 aromatic rings. The first-order chi connectivity index (χ1) is 10.6. The van der Waals surface area contributed by atoms with Crippen LogP contribution in [0.15, 0.2) is 24.3 Å². The van der Waals surface area contributed by atoms with Crippen LogP contribution in [0.3, 0.4) is 0 Å². The molecule has 0 unspecified atom stereocenters. The molecule has 0 spiro atoms. The highest BCUT2D eigenvalue weighted by atomic mass is 32.2. The van der Waals surface area contributed by atoms with Gasteiger partial charge >= 0.3 is 0 Å². The quantitative estimate of drug-likeness (QED) is 0.832. The number of thioether (sulfide) groups is 2. The van der Waals surface area contributed by atoms with Crippen LogP contribution in [0.5, 0.6) is 0 Å². The fourth-order valence-corrected chi connectivity index (χ4v) is 5.60. The topological polar surface area (TPSA) is 40.6 Å². The molecule has 4 nitrogen and oxygen atoms in total. The highest BCUT2D eigenvalue weighted by molar-refractivity contribution is 8.19. The Morgan fingerprint density at radius 3 is 2.05 bits per heavy atom. The molecule has 3 rings (SSSR count). The van der Waals surface area contributed by atoms with Crippen molar-refractivity contribution in [2.45, 2.75) is 11.5 Å². The predicted molar refractivity (Wildman–Crippen MR) is 92.3 cm³/mol. The summed E-state index contributed by atoms with van der Waals surface area (Å²) >= 11 is 3.94. The van der Waals surface area contributed by atoms with Crippen molar-refractivity contribution in [3.8, 4) is 0 Å². The number of benzene rings is 1. The molecule has 0 atom stereocenters. The monoisotopic (exact) mass is 336 g/mol. The maximum atomic E-state index is 12.5. The van der Waals surface area contributed by atoms with Gasteiger partial charge in [0.2, 0.25) is 5.91 Å². The molecule has 0 radical (unpaired) electrons. The van der Waals surface area contributed by atoms with E-state index < -0.39 is 0 Å². The number of rotatable bonds is 2. The summed E-state index contributed by atoms with van der Waals surface area (Å²) in [6.07, 6.45) is 0. The lowest BCUT2D eigenvalue weighted by molar-refractivity contribution is -0.130. The Morgan fingerprint density at radius 2 is 1.50 bits per heavy atom. The maximum absolute atomic E-state index is 12.5. The average Bonchev–Trinajstić information content (AvgIpc) is 3.09. The van der Waals surface area contributed by atoms with E-state index in [9.17, 15) is 9.59 Å². The zero-order valence-corrected chi connectivity index (χ0v) is 14.3. The van der Waals surface area contributed by atoms with E-state index in [4.69, 9.17) is 0 Å². The van der Waals surface area contributed by atoms with Gasteiger partial charge < -0.3 is 9.80 Å². The van der Waals surface area contributed by atoms with Crippen LogP contribution in [0.25, 0.3) is 0 Å². The van der Waals surface area contributed by atoms with E-state index in [1.165, 1.54) is 17.1 Å². The van der Waals surface area contributed by atoms with Crippen LogP contribution in [0.4, 0.5) is 0 Å². The Bertz CT molecular complexity index is 548. The number of carbonyl (C=O) groups excluding carboxylic acids is 2. The minimum absolute atomic E-state index is 0.0708. The van der Waals surface area contributed by atoms with E-state index in [-0.39, 0.29) is 11.8 Å². The summed E-state index contributed by atoms with van der Waals surface area (Å²) in [5.74, 6) is 2.57. The molecule has 2 fully saturated rings. The summed E-state index contributed by atoms with van der Waals surface area (Å²) in [4.78, 5) is 27.5. The second-order valence-electron chi connectivity index (χ2n) is 5.49. The maximum Gasteiger partial charge on any atom is 0.253 e. The van der Waals surface area contributed by atoms with Gasteiger partial charge in [-0.25, -0.2) is 0 Å². The van der Waals surface area contributed by atoms with Gasteiger partial charge in [-0.2, -0.15) is 0 Å². The van der Waals surface area contributed by atoms with E-state index in [0.29, 0.717) is 30.8 Å². The van der Waals surface area contributed by atoms with Crippen LogP contribution in [-0.4, -0.2) is 59.3 Å². The van der Waals surface area contributed by atoms with Crippen LogP contribution in [0.1, 0.15) is 27.4 Å². The van der Waals surface area contributed by atoms with Crippen molar-refractivity contribution < 1.29 is 9.59 Å². The third-order valence-electron chi connectivity index (χ3n) is 4.06. The number of hydrogen-bond donors (Lipinski definition) is 0. The lowest BCUT2D eigenvalue weighted by Gasteiger charge is -2.34. The van der Waals surface area contributed by atoms with Crippen molar-refractivity contribution in [3.05, 3.63) is 35.4 Å². The van der Waals surface area contributed by atoms with Crippen LogP contribution in [0.2, 0.25) is 0 Å². The number of carbonyl (C=O) groups is 2. The van der Waals surface area contributed by atoms with E-state index >= 15 is 0 Å². The molecule has 118 valence electrons. The normalized spacial score (nSPS) is 19.5. The van der Waals surface area contributed by atoms with Gasteiger partial charge in [0.1, 0.15) is 0 Å². The lowest BCUT2D eigenvalue weighted by Crippen LogP contribution is -2.50. The van der Waals surface area contributed by atoms with Gasteiger partial charge in [-0.05, 0) is 17.7 Å². The van der Waals surface area contributed by atoms with Crippen molar-refractivity contribution in [1.29, 1.82) is 0 Å². The second-order valence-corrected chi connectivity index (χ2v) is 8.22. The van der Waals surface area contributed by atoms with Crippen LogP contribution in [0, 0.1) is 0 Å². The molecule has 22 heavy (non-hydrogen) atoms. The van der Waals surface area contributed by atoms with Crippen LogP contribution >= 0.6 is 23.5 Å². The van der Waals surface area contributed by atoms with Crippen molar-refractivity contribution in [1.82, 2.24) is 9.80 Å². The first-order valence-corrected chi connectivity index (χ1v) is 9.63. The van der Waals surface area contributed by atoms with E-state index in [2.05, 4.69) is 12.1 Å². The Hall–Kier alpha value is -1.14. The van der Waals surface area contributed by atoms with Crippen molar-refractivity contribution in [2.75, 3.05) is 37.7 Å². The van der Waals surface area contributed by atoms with Gasteiger partial charge in [0.25, 0.3) is 5.91 Å². The molecule has 6 heteroatoms. The van der Waals surface area contributed by atoms with E-state index in [0.717, 1.165) is 5.56 Å². The molecule has 2 aliphatic rings. The molecule has 2 amide bonds. The summed E-state index contributed by atoms with van der Waals surface area (Å²) in [7, 11) is 0. The predicted octanol–water partition coefficient (Wildman–Crippen LogP) is 2.47. The molecule has 0 aliphatic carbocycles. The summed E-state index contributed by atoms with van der Waals surface area (Å²) in [5.41, 5.74) is 2.04. The highest BCUT2D eigenvalue weighted by Crippen LogP contribution is 2.45. The molecule has 0 bridgehead atoms. The van der Waals surface area contributed by atoms with Crippen LogP contribution < -0.4 is 0 Å². The van der Waals surface area contributed by atoms with Gasteiger partial charge in [-0.3, -0.25) is 9.59 Å². The van der Waals surface area contributed by atoms with E-state index in [1.54, 1.807) is 11.8 Å². The van der Waals surface area contributed by atoms with Crippen molar-refractivity contribution in [2.24, 2.45) is 0 Å². The molecule has 1 aromatic carbocycles. The second kappa shape index (κ2) is 6.96. The zero-order chi connectivity index (χ0) is 15.5. The minimum Gasteiger partial charge on any atom is -0.339 e. The van der Waals surface area contributed by atoms with Gasteiger partial charge in [0, 0.05) is 50.2 Å². The molecular formula is C16H20N2O2S2. The molecule has 2 heterocycles. The number of amides is 2. The fourth-order valence-electron chi connectivity index (χ4n) is 2.74. The summed E-state index contributed by atoms with van der Waals surface area (Å²) in [5, 5.41) is 0. The molecule has 2 saturated heterocycles. The molecule has 0 aromatic heterocycles. The number of hydrogen-bond acceptors (Lipinski definition) is 4. The Morgan fingerprint density at radius 1 is 0.955 bits per heavy atom. The largest absolute Gasteiger partial charge is 0.339 e. The minimum atomic E-state index is 0.0708. The number of piperazine rings is 1.